The lowest BCUT2D eigenvalue weighted by molar-refractivity contribution is 0.111. The van der Waals surface area contributed by atoms with E-state index in [1.807, 2.05) is 30.3 Å². The average Bonchev–Trinajstić information content (AvgIpc) is 2.89. The van der Waals surface area contributed by atoms with Crippen LogP contribution in [-0.4, -0.2) is 37.5 Å². The van der Waals surface area contributed by atoms with Crippen molar-refractivity contribution in [3.8, 4) is 11.5 Å². The fraction of sp³-hybridized carbons (Fsp3) is 0.368. The summed E-state index contributed by atoms with van der Waals surface area (Å²) in [5.41, 5.74) is 2.58. The molecule has 2 aromatic rings. The van der Waals surface area contributed by atoms with Gasteiger partial charge in [-0.25, -0.2) is 0 Å². The molecule has 0 saturated heterocycles. The van der Waals surface area contributed by atoms with Crippen LogP contribution in [0.15, 0.2) is 48.5 Å². The number of para-hydroxylation sites is 1. The van der Waals surface area contributed by atoms with E-state index in [2.05, 4.69) is 30.0 Å². The smallest absolute Gasteiger partial charge is 0.119 e. The maximum Gasteiger partial charge on any atom is 0.119 e. The van der Waals surface area contributed by atoms with E-state index in [0.717, 1.165) is 17.9 Å². The molecule has 0 fully saturated rings. The van der Waals surface area contributed by atoms with Crippen LogP contribution in [0.2, 0.25) is 0 Å². The molecule has 1 aliphatic heterocycles. The Hall–Kier alpha value is -2.20. The minimum absolute atomic E-state index is 0.276. The standard InChI is InChI=1S/C19H23NO3/c1-14-11-15-5-3-4-6-19(15)20(14)12-16(21)13-23-18-9-7-17(22-2)8-10-18/h3-10,14,16,21H,11-13H2,1-2H3/t14-,16-/m1/s1. The highest BCUT2D eigenvalue weighted by Gasteiger charge is 2.27. The summed E-state index contributed by atoms with van der Waals surface area (Å²) in [7, 11) is 1.63. The highest BCUT2D eigenvalue weighted by atomic mass is 16.5. The second-order valence-electron chi connectivity index (χ2n) is 5.97. The number of ether oxygens (including phenoxy) is 2. The van der Waals surface area contributed by atoms with Crippen molar-refractivity contribution in [1.29, 1.82) is 0 Å². The molecule has 0 amide bonds. The summed E-state index contributed by atoms with van der Waals surface area (Å²) in [5.74, 6) is 1.53. The van der Waals surface area contributed by atoms with Crippen molar-refractivity contribution >= 4 is 5.69 Å². The molecule has 2 aromatic carbocycles. The van der Waals surface area contributed by atoms with E-state index in [1.165, 1.54) is 11.3 Å². The predicted octanol–water partition coefficient (Wildman–Crippen LogP) is 2.89. The Morgan fingerprint density at radius 1 is 1.13 bits per heavy atom. The zero-order chi connectivity index (χ0) is 16.2. The van der Waals surface area contributed by atoms with Gasteiger partial charge in [-0.1, -0.05) is 18.2 Å². The number of methoxy groups -OCH3 is 1. The molecule has 3 rings (SSSR count). The first kappa shape index (κ1) is 15.7. The SMILES string of the molecule is COc1ccc(OC[C@H](O)CN2c3ccccc3C[C@H]2C)cc1. The van der Waals surface area contributed by atoms with E-state index in [4.69, 9.17) is 9.47 Å². The molecule has 1 heterocycles. The van der Waals surface area contributed by atoms with Gasteiger partial charge in [0.05, 0.1) is 7.11 Å². The molecule has 0 saturated carbocycles. The second-order valence-corrected chi connectivity index (χ2v) is 5.97. The number of rotatable bonds is 6. The number of hydrogen-bond donors (Lipinski definition) is 1. The second kappa shape index (κ2) is 6.92. The molecule has 1 N–H and O–H groups in total. The molecular formula is C19H23NO3. The highest BCUT2D eigenvalue weighted by molar-refractivity contribution is 5.59. The third kappa shape index (κ3) is 3.59. The van der Waals surface area contributed by atoms with Crippen LogP contribution >= 0.6 is 0 Å². The number of benzene rings is 2. The summed E-state index contributed by atoms with van der Waals surface area (Å²) in [6.07, 6.45) is 0.494. The van der Waals surface area contributed by atoms with E-state index < -0.39 is 6.10 Å². The van der Waals surface area contributed by atoms with Gasteiger partial charge in [0.15, 0.2) is 0 Å². The Bertz CT molecular complexity index is 641. The monoisotopic (exact) mass is 313 g/mol. The molecule has 0 spiro atoms. The minimum atomic E-state index is -0.536. The zero-order valence-electron chi connectivity index (χ0n) is 13.6. The molecule has 0 radical (unpaired) electrons. The van der Waals surface area contributed by atoms with Gasteiger partial charge in [-0.2, -0.15) is 0 Å². The first-order chi connectivity index (χ1) is 11.2. The lowest BCUT2D eigenvalue weighted by atomic mass is 10.1. The lowest BCUT2D eigenvalue weighted by Crippen LogP contribution is -2.39. The van der Waals surface area contributed by atoms with Crippen molar-refractivity contribution in [1.82, 2.24) is 0 Å². The van der Waals surface area contributed by atoms with Crippen LogP contribution in [0.5, 0.6) is 11.5 Å². The third-order valence-corrected chi connectivity index (χ3v) is 4.26. The molecule has 1 aliphatic rings. The van der Waals surface area contributed by atoms with Gasteiger partial charge in [0.1, 0.15) is 24.2 Å². The first-order valence-electron chi connectivity index (χ1n) is 7.97. The van der Waals surface area contributed by atoms with Crippen LogP contribution in [0, 0.1) is 0 Å². The van der Waals surface area contributed by atoms with Crippen LogP contribution < -0.4 is 14.4 Å². The van der Waals surface area contributed by atoms with Gasteiger partial charge in [0.25, 0.3) is 0 Å². The topological polar surface area (TPSA) is 41.9 Å². The largest absolute Gasteiger partial charge is 0.497 e. The molecular weight excluding hydrogens is 290 g/mol. The van der Waals surface area contributed by atoms with Gasteiger partial charge in [0, 0.05) is 18.3 Å². The Morgan fingerprint density at radius 3 is 2.57 bits per heavy atom. The quantitative estimate of drug-likeness (QED) is 0.890. The molecule has 2 atom stereocenters. The van der Waals surface area contributed by atoms with Crippen LogP contribution in [-0.2, 0) is 6.42 Å². The number of anilines is 1. The summed E-state index contributed by atoms with van der Waals surface area (Å²) < 4.78 is 10.8. The molecule has 0 unspecified atom stereocenters. The van der Waals surface area contributed by atoms with Gasteiger partial charge in [-0.3, -0.25) is 0 Å². The van der Waals surface area contributed by atoms with Crippen molar-refractivity contribution in [2.24, 2.45) is 0 Å². The summed E-state index contributed by atoms with van der Waals surface area (Å²) in [5, 5.41) is 10.3. The van der Waals surface area contributed by atoms with Gasteiger partial charge in [-0.05, 0) is 49.2 Å². The van der Waals surface area contributed by atoms with Crippen molar-refractivity contribution in [2.75, 3.05) is 25.2 Å². The van der Waals surface area contributed by atoms with Gasteiger partial charge < -0.3 is 19.5 Å². The molecule has 0 bridgehead atoms. The number of β-amino-alcohol motifs (C(OH)–C–C–N with tert-alkyl or cyclic N) is 1. The first-order valence-corrected chi connectivity index (χ1v) is 7.97. The fourth-order valence-electron chi connectivity index (χ4n) is 3.05. The van der Waals surface area contributed by atoms with E-state index >= 15 is 0 Å². The van der Waals surface area contributed by atoms with Crippen LogP contribution in [0.3, 0.4) is 0 Å². The predicted molar refractivity (Wildman–Crippen MR) is 91.4 cm³/mol. The number of fused-ring (bicyclic) bond motifs is 1. The van der Waals surface area contributed by atoms with Gasteiger partial charge >= 0.3 is 0 Å². The summed E-state index contributed by atoms with van der Waals surface area (Å²) in [6.45, 7) is 3.04. The van der Waals surface area contributed by atoms with Crippen molar-refractivity contribution in [2.45, 2.75) is 25.5 Å². The number of aliphatic hydroxyl groups is 1. The van der Waals surface area contributed by atoms with E-state index in [-0.39, 0.29) is 6.61 Å². The van der Waals surface area contributed by atoms with Crippen molar-refractivity contribution < 1.29 is 14.6 Å². The number of aliphatic hydroxyl groups excluding tert-OH is 1. The summed E-state index contributed by atoms with van der Waals surface area (Å²) in [6, 6.07) is 16.2. The molecule has 0 aliphatic carbocycles. The lowest BCUT2D eigenvalue weighted by Gasteiger charge is -2.27. The Morgan fingerprint density at radius 2 is 1.83 bits per heavy atom. The van der Waals surface area contributed by atoms with Crippen LogP contribution in [0.4, 0.5) is 5.69 Å². The molecule has 4 heteroatoms. The Balaban J connectivity index is 1.56. The minimum Gasteiger partial charge on any atom is -0.497 e. The highest BCUT2D eigenvalue weighted by Crippen LogP contribution is 2.31. The average molecular weight is 313 g/mol. The van der Waals surface area contributed by atoms with Crippen molar-refractivity contribution in [3.63, 3.8) is 0 Å². The summed E-state index contributed by atoms with van der Waals surface area (Å²) >= 11 is 0. The third-order valence-electron chi connectivity index (χ3n) is 4.26. The molecule has 23 heavy (non-hydrogen) atoms. The molecule has 4 nitrogen and oxygen atoms in total. The van der Waals surface area contributed by atoms with Crippen molar-refractivity contribution in [3.05, 3.63) is 54.1 Å². The summed E-state index contributed by atoms with van der Waals surface area (Å²) in [4.78, 5) is 2.26. The van der Waals surface area contributed by atoms with Crippen LogP contribution in [0.25, 0.3) is 0 Å². The van der Waals surface area contributed by atoms with E-state index in [9.17, 15) is 5.11 Å². The normalized spacial score (nSPS) is 17.7. The Labute approximate surface area is 137 Å². The zero-order valence-corrected chi connectivity index (χ0v) is 13.6. The maximum absolute atomic E-state index is 10.3. The fourth-order valence-corrected chi connectivity index (χ4v) is 3.05. The molecule has 0 aromatic heterocycles. The van der Waals surface area contributed by atoms with E-state index in [0.29, 0.717) is 12.6 Å². The van der Waals surface area contributed by atoms with E-state index in [1.54, 1.807) is 7.11 Å². The number of hydrogen-bond acceptors (Lipinski definition) is 4. The van der Waals surface area contributed by atoms with Gasteiger partial charge in [-0.15, -0.1) is 0 Å². The van der Waals surface area contributed by atoms with Crippen LogP contribution in [0.1, 0.15) is 12.5 Å². The maximum atomic E-state index is 10.3. The Kier molecular flexibility index (Phi) is 4.72. The van der Waals surface area contributed by atoms with Gasteiger partial charge in [0.2, 0.25) is 0 Å². The molecule has 122 valence electrons. The number of nitrogens with zero attached hydrogens (tertiary/aromatic N) is 1.